The molecule has 520 valence electrons. The van der Waals surface area contributed by atoms with Gasteiger partial charge in [-0.05, 0) is 245 Å². The number of nitrogens with two attached hydrogens (primary N) is 2. The van der Waals surface area contributed by atoms with E-state index in [0.717, 1.165) is 199 Å². The predicted molar refractivity (Wildman–Crippen MR) is 378 cm³/mol. The molecule has 0 aliphatic carbocycles. The van der Waals surface area contributed by atoms with E-state index >= 15 is 0 Å². The van der Waals surface area contributed by atoms with Gasteiger partial charge in [0.2, 0.25) is 28.3 Å². The molecular weight excluding hydrogens is 1280 g/mol. The van der Waals surface area contributed by atoms with E-state index in [-0.39, 0.29) is 35.4 Å². The number of aryl methyl sites for hydroxylation is 5. The molecule has 5 saturated heterocycles. The van der Waals surface area contributed by atoms with Gasteiger partial charge in [-0.3, -0.25) is 14.4 Å². The van der Waals surface area contributed by atoms with Crippen LogP contribution in [0.4, 0.5) is 5.69 Å². The summed E-state index contributed by atoms with van der Waals surface area (Å²) < 4.78 is 22.6. The number of aromatic nitrogens is 6. The van der Waals surface area contributed by atoms with Crippen LogP contribution in [0.1, 0.15) is 151 Å². The molecule has 0 spiro atoms. The fourth-order valence-corrected chi connectivity index (χ4v) is 13.0. The molecule has 10 rings (SSSR count). The number of methoxy groups -OCH3 is 2. The van der Waals surface area contributed by atoms with Gasteiger partial charge in [0, 0.05) is 120 Å². The predicted octanol–water partition coefficient (Wildman–Crippen LogP) is 11.9. The fraction of sp³-hybridized carbons (Fsp3) is 0.614. The van der Waals surface area contributed by atoms with Gasteiger partial charge in [0.05, 0.1) is 27.4 Å². The van der Waals surface area contributed by atoms with Gasteiger partial charge in [-0.2, -0.15) is 0 Å². The van der Waals surface area contributed by atoms with Gasteiger partial charge >= 0.3 is 0 Å². The highest BCUT2D eigenvalue weighted by molar-refractivity contribution is 6.31. The van der Waals surface area contributed by atoms with Crippen LogP contribution in [0.2, 0.25) is 15.7 Å². The van der Waals surface area contributed by atoms with Crippen LogP contribution < -0.4 is 30.4 Å². The lowest BCUT2D eigenvalue weighted by molar-refractivity contribution is -0.131. The van der Waals surface area contributed by atoms with E-state index in [9.17, 15) is 14.4 Å². The third-order valence-electron chi connectivity index (χ3n) is 17.7. The molecule has 0 bridgehead atoms. The summed E-state index contributed by atoms with van der Waals surface area (Å²) in [6.07, 6.45) is 18.7. The van der Waals surface area contributed by atoms with Crippen LogP contribution in [0.3, 0.4) is 0 Å². The minimum Gasteiger partial charge on any atom is -0.493 e. The van der Waals surface area contributed by atoms with Crippen LogP contribution in [0, 0.1) is 38.5 Å². The summed E-state index contributed by atoms with van der Waals surface area (Å²) in [5.41, 5.74) is 17.9. The molecule has 24 heteroatoms. The van der Waals surface area contributed by atoms with Crippen LogP contribution in [-0.2, 0) is 33.6 Å². The Bertz CT molecular complexity index is 2990. The number of halogens is 4. The van der Waals surface area contributed by atoms with Gasteiger partial charge in [0.15, 0.2) is 23.0 Å². The Morgan fingerprint density at radius 1 is 0.511 bits per heavy atom. The number of benzene rings is 2. The number of likely N-dealkylation sites (tertiary alicyclic amines) is 5. The summed E-state index contributed by atoms with van der Waals surface area (Å²) in [7, 11) is 3.33. The molecule has 3 amide bonds. The molecule has 4 N–H and O–H groups in total. The highest BCUT2D eigenvalue weighted by atomic mass is 35.5. The Labute approximate surface area is 580 Å². The highest BCUT2D eigenvalue weighted by Crippen LogP contribution is 2.31. The Morgan fingerprint density at radius 3 is 1.35 bits per heavy atom. The van der Waals surface area contributed by atoms with Gasteiger partial charge in [-0.15, -0.1) is 12.4 Å². The first-order valence-corrected chi connectivity index (χ1v) is 34.7. The Balaban J connectivity index is 0.000000233. The van der Waals surface area contributed by atoms with Crippen molar-refractivity contribution in [3.63, 3.8) is 0 Å². The third-order valence-corrected chi connectivity index (χ3v) is 18.2. The largest absolute Gasteiger partial charge is 0.493 e. The summed E-state index contributed by atoms with van der Waals surface area (Å²) in [4.78, 5) is 69.9. The number of piperidine rings is 3. The monoisotopic (exact) mass is 1380 g/mol. The van der Waals surface area contributed by atoms with Gasteiger partial charge < -0.3 is 54.9 Å². The van der Waals surface area contributed by atoms with Crippen molar-refractivity contribution < 1.29 is 33.3 Å². The number of carbonyl (C=O) groups is 3. The third kappa shape index (κ3) is 29.2. The van der Waals surface area contributed by atoms with Crippen molar-refractivity contribution in [2.75, 3.05) is 118 Å². The van der Waals surface area contributed by atoms with Gasteiger partial charge in [0.25, 0.3) is 0 Å². The van der Waals surface area contributed by atoms with Crippen molar-refractivity contribution in [2.45, 2.75) is 151 Å². The second-order valence-corrected chi connectivity index (χ2v) is 26.1. The van der Waals surface area contributed by atoms with Crippen LogP contribution in [0.5, 0.6) is 23.0 Å². The summed E-state index contributed by atoms with van der Waals surface area (Å²) in [6, 6.07) is 17.3. The number of carbonyl (C=O) groups excluding carboxylic acids is 3. The molecule has 5 aliphatic rings. The summed E-state index contributed by atoms with van der Waals surface area (Å²) >= 11 is 16.8. The summed E-state index contributed by atoms with van der Waals surface area (Å²) in [6.45, 7) is 25.4. The molecule has 0 radical (unpaired) electrons. The number of hydrogen-bond acceptors (Lipinski definition) is 17. The van der Waals surface area contributed by atoms with Crippen molar-refractivity contribution in [3.8, 4) is 23.0 Å². The summed E-state index contributed by atoms with van der Waals surface area (Å²) in [5, 5.41) is 0.911. The summed E-state index contributed by atoms with van der Waals surface area (Å²) in [5.74, 6) is 6.45. The maximum atomic E-state index is 11.6. The normalized spacial score (nSPS) is 16.2. The van der Waals surface area contributed by atoms with Crippen LogP contribution in [0.25, 0.3) is 0 Å². The SMILES string of the molecule is CC(=O)N1CCC(CCc2cc(C)nc(Cl)n2)CC1.CC(=O)N1CCC(CN)CC1.COc1ccc(Cc2nc(C)cc(CCC3CCN(C(C)=O)CC3)n2)cc1OCCCN1CCCC1.COc1ccc(N)cc1OCCCN1CCCC1.Cc1cc(Cl)nc(Cl)n1.Cl. The Hall–Kier alpha value is -5.87. The molecule has 3 aromatic heterocycles. The zero-order chi connectivity index (χ0) is 67.1. The average Bonchev–Trinajstić information content (AvgIpc) is 0.976. The second kappa shape index (κ2) is 42.6. The molecule has 0 saturated carbocycles. The topological polar surface area (TPSA) is 234 Å². The maximum absolute atomic E-state index is 11.6. The van der Waals surface area contributed by atoms with E-state index in [1.54, 1.807) is 48.0 Å². The van der Waals surface area contributed by atoms with Crippen molar-refractivity contribution in [3.05, 3.63) is 110 Å². The molecule has 2 aromatic carbocycles. The molecule has 20 nitrogen and oxygen atoms in total. The van der Waals surface area contributed by atoms with E-state index < -0.39 is 0 Å². The van der Waals surface area contributed by atoms with Crippen LogP contribution in [-0.4, -0.2) is 185 Å². The Kier molecular flexibility index (Phi) is 35.8. The quantitative estimate of drug-likeness (QED) is 0.0301. The van der Waals surface area contributed by atoms with Gasteiger partial charge in [-0.25, -0.2) is 29.9 Å². The second-order valence-electron chi connectivity index (χ2n) is 25.0. The molecule has 8 heterocycles. The smallest absolute Gasteiger partial charge is 0.223 e. The lowest BCUT2D eigenvalue weighted by atomic mass is 9.91. The number of ether oxygens (including phenoxy) is 4. The van der Waals surface area contributed by atoms with Gasteiger partial charge in [-0.1, -0.05) is 17.7 Å². The Morgan fingerprint density at radius 2 is 0.926 bits per heavy atom. The lowest BCUT2D eigenvalue weighted by Gasteiger charge is -2.31. The zero-order valence-corrected chi connectivity index (χ0v) is 60.1. The molecule has 0 atom stereocenters. The minimum absolute atomic E-state index is 0. The van der Waals surface area contributed by atoms with E-state index in [1.807, 2.05) is 58.9 Å². The number of anilines is 1. The first kappa shape index (κ1) is 78.8. The zero-order valence-electron chi connectivity index (χ0n) is 57.0. The number of rotatable bonds is 21. The first-order chi connectivity index (χ1) is 44.7. The van der Waals surface area contributed by atoms with E-state index in [4.69, 9.17) is 75.2 Å². The standard InChI is InChI=1S/C29H42N4O3.C14H20ClN3O.C14H22N2O2.C8H16N2O.C5H4Cl2N2.ClH/c1-22-19-26(9-7-24-11-16-33(17-12-24)23(2)34)31-29(30-22)21-25-8-10-27(35-3)28(20-25)36-18-6-15-32-13-4-5-14-32;1-10-9-13(17-14(15)16-10)4-3-12-5-7-18(8-6-12)11(2)19;1-17-13-6-5-12(15)11-14(13)18-10-4-9-16-7-2-3-8-16;1-7(11)10-4-2-8(6-9)3-5-10;1-3-2-4(6)9-5(7)8-3;/h8,10,19-20,24H,4-7,9,11-18,21H2,1-3H3;9,12H,3-8H2,1-2H3;5-6,11H,2-4,7-10,15H2,1H3;8H,2-6,9H2,1H3;2H,1H3;1H. The van der Waals surface area contributed by atoms with E-state index in [2.05, 4.69) is 47.9 Å². The molecule has 94 heavy (non-hydrogen) atoms. The van der Waals surface area contributed by atoms with E-state index in [1.165, 1.54) is 51.9 Å². The van der Waals surface area contributed by atoms with Crippen molar-refractivity contribution in [1.82, 2.24) is 54.4 Å². The van der Waals surface area contributed by atoms with E-state index in [0.29, 0.717) is 53.5 Å². The highest BCUT2D eigenvalue weighted by Gasteiger charge is 2.23. The number of amides is 3. The molecule has 5 aliphatic heterocycles. The first-order valence-electron chi connectivity index (χ1n) is 33.5. The average molecular weight is 1380 g/mol. The van der Waals surface area contributed by atoms with Crippen molar-refractivity contribution >= 4 is 70.6 Å². The van der Waals surface area contributed by atoms with Gasteiger partial charge in [0.1, 0.15) is 11.0 Å². The molecule has 5 aromatic rings. The number of hydrogen-bond donors (Lipinski definition) is 2. The molecule has 5 fully saturated rings. The lowest BCUT2D eigenvalue weighted by Crippen LogP contribution is -2.38. The van der Waals surface area contributed by atoms with Crippen LogP contribution >= 0.6 is 47.2 Å². The molecule has 0 unspecified atom stereocenters. The number of nitrogen functional groups attached to an aromatic ring is 1. The minimum atomic E-state index is 0. The number of nitrogens with zero attached hydrogens (tertiary/aromatic N) is 11. The fourth-order valence-electron chi connectivity index (χ4n) is 12.3. The van der Waals surface area contributed by atoms with Crippen molar-refractivity contribution in [1.29, 1.82) is 0 Å². The maximum Gasteiger partial charge on any atom is 0.223 e. The van der Waals surface area contributed by atoms with Crippen LogP contribution in [0.15, 0.2) is 54.6 Å². The molecular formula is C70H105Cl4N13O7. The van der Waals surface area contributed by atoms with Crippen molar-refractivity contribution in [2.24, 2.45) is 23.5 Å².